The van der Waals surface area contributed by atoms with Gasteiger partial charge < -0.3 is 14.5 Å². The highest BCUT2D eigenvalue weighted by molar-refractivity contribution is 6.33. The number of hydrogen-bond acceptors (Lipinski definition) is 4. The van der Waals surface area contributed by atoms with Gasteiger partial charge in [0, 0.05) is 31.9 Å². The van der Waals surface area contributed by atoms with Gasteiger partial charge in [-0.1, -0.05) is 30.2 Å². The fraction of sp³-hybridized carbons (Fsp3) is 0.524. The molecule has 0 unspecified atom stereocenters. The molecule has 0 saturated carbocycles. The summed E-state index contributed by atoms with van der Waals surface area (Å²) in [6.07, 6.45) is 7.50. The van der Waals surface area contributed by atoms with E-state index in [4.69, 9.17) is 16.3 Å². The minimum atomic E-state index is -0.173. The number of rotatable bonds is 4. The van der Waals surface area contributed by atoms with Gasteiger partial charge >= 0.3 is 0 Å². The topological polar surface area (TPSA) is 50.6 Å². The monoisotopic (exact) mass is 402 g/mol. The molecule has 0 N–H and O–H groups in total. The van der Waals surface area contributed by atoms with Crippen LogP contribution < -0.4 is 0 Å². The molecule has 2 aliphatic heterocycles. The number of ether oxygens (including phenoxy) is 1. The Morgan fingerprint density at radius 1 is 1.21 bits per heavy atom. The van der Waals surface area contributed by atoms with Crippen LogP contribution in [0.15, 0.2) is 36.7 Å². The maximum atomic E-state index is 13.4. The molecular weight excluding hydrogens is 376 g/mol. The van der Waals surface area contributed by atoms with Gasteiger partial charge in [-0.05, 0) is 38.1 Å². The summed E-state index contributed by atoms with van der Waals surface area (Å²) in [4.78, 5) is 17.8. The van der Waals surface area contributed by atoms with Crippen LogP contribution in [0.25, 0.3) is 0 Å². The van der Waals surface area contributed by atoms with Crippen LogP contribution in [0.3, 0.4) is 0 Å². The van der Waals surface area contributed by atoms with E-state index in [1.54, 1.807) is 16.8 Å². The van der Waals surface area contributed by atoms with Crippen molar-refractivity contribution in [3.8, 4) is 0 Å². The van der Waals surface area contributed by atoms with E-state index >= 15 is 0 Å². The second-order valence-electron chi connectivity index (χ2n) is 7.64. The first-order valence-electron chi connectivity index (χ1n) is 10.0. The van der Waals surface area contributed by atoms with Crippen molar-refractivity contribution in [1.29, 1.82) is 0 Å². The second kappa shape index (κ2) is 8.64. The maximum absolute atomic E-state index is 13.4. The van der Waals surface area contributed by atoms with Crippen molar-refractivity contribution in [1.82, 2.24) is 19.6 Å². The predicted octanol–water partition coefficient (Wildman–Crippen LogP) is 3.14. The number of halogens is 1. The number of aromatic nitrogens is 2. The summed E-state index contributed by atoms with van der Waals surface area (Å²) in [5.41, 5.74) is 1.54. The first-order valence-corrected chi connectivity index (χ1v) is 10.4. The van der Waals surface area contributed by atoms with Crippen LogP contribution in [0.1, 0.15) is 41.2 Å². The van der Waals surface area contributed by atoms with Crippen molar-refractivity contribution in [3.63, 3.8) is 0 Å². The molecule has 28 heavy (non-hydrogen) atoms. The summed E-state index contributed by atoms with van der Waals surface area (Å²) in [6, 6.07) is 7.08. The lowest BCUT2D eigenvalue weighted by Crippen LogP contribution is -2.52. The SMILES string of the molecule is Cn1cc([C@H]2[C@H](CN3CCCCC3)OCCN2C(=O)c2ccccc2Cl)cn1. The van der Waals surface area contributed by atoms with Crippen LogP contribution in [0.4, 0.5) is 0 Å². The van der Waals surface area contributed by atoms with Crippen LogP contribution in [-0.4, -0.2) is 64.4 Å². The van der Waals surface area contributed by atoms with Crippen LogP contribution in [0.5, 0.6) is 0 Å². The van der Waals surface area contributed by atoms with Gasteiger partial charge in [0.2, 0.25) is 0 Å². The highest BCUT2D eigenvalue weighted by Crippen LogP contribution is 2.33. The molecular formula is C21H27ClN4O2. The zero-order valence-corrected chi connectivity index (χ0v) is 17.0. The average molecular weight is 403 g/mol. The second-order valence-corrected chi connectivity index (χ2v) is 8.05. The van der Waals surface area contributed by atoms with E-state index in [0.29, 0.717) is 23.7 Å². The normalized spacial score (nSPS) is 23.7. The van der Waals surface area contributed by atoms with Gasteiger partial charge in [-0.15, -0.1) is 0 Å². The van der Waals surface area contributed by atoms with Gasteiger partial charge in [-0.2, -0.15) is 5.10 Å². The summed E-state index contributed by atoms with van der Waals surface area (Å²) in [7, 11) is 1.90. The Bertz CT molecular complexity index is 818. The molecule has 0 spiro atoms. The van der Waals surface area contributed by atoms with Crippen molar-refractivity contribution in [3.05, 3.63) is 52.8 Å². The smallest absolute Gasteiger partial charge is 0.256 e. The fourth-order valence-corrected chi connectivity index (χ4v) is 4.50. The largest absolute Gasteiger partial charge is 0.373 e. The quantitative estimate of drug-likeness (QED) is 0.788. The number of nitrogens with zero attached hydrogens (tertiary/aromatic N) is 4. The third kappa shape index (κ3) is 4.09. The number of likely N-dealkylation sites (tertiary alicyclic amines) is 1. The summed E-state index contributed by atoms with van der Waals surface area (Å²) in [6.45, 7) is 4.09. The maximum Gasteiger partial charge on any atom is 0.256 e. The third-order valence-corrected chi connectivity index (χ3v) is 6.00. The molecule has 2 saturated heterocycles. The molecule has 3 heterocycles. The van der Waals surface area contributed by atoms with Gasteiger partial charge in [0.15, 0.2) is 0 Å². The first-order chi connectivity index (χ1) is 13.6. The molecule has 6 nitrogen and oxygen atoms in total. The molecule has 0 radical (unpaired) electrons. The molecule has 0 bridgehead atoms. The molecule has 4 rings (SSSR count). The van der Waals surface area contributed by atoms with Crippen molar-refractivity contribution in [2.45, 2.75) is 31.4 Å². The predicted molar refractivity (Wildman–Crippen MR) is 108 cm³/mol. The van der Waals surface area contributed by atoms with Gasteiger partial charge in [0.05, 0.1) is 35.5 Å². The van der Waals surface area contributed by atoms with Crippen molar-refractivity contribution in [2.75, 3.05) is 32.8 Å². The number of carbonyl (C=O) groups excluding carboxylic acids is 1. The Morgan fingerprint density at radius 3 is 2.71 bits per heavy atom. The van der Waals surface area contributed by atoms with Crippen LogP contribution >= 0.6 is 11.6 Å². The van der Waals surface area contributed by atoms with Gasteiger partial charge in [-0.3, -0.25) is 9.48 Å². The van der Waals surface area contributed by atoms with E-state index in [1.807, 2.05) is 36.5 Å². The van der Waals surface area contributed by atoms with E-state index < -0.39 is 0 Å². The summed E-state index contributed by atoms with van der Waals surface area (Å²) >= 11 is 6.32. The highest BCUT2D eigenvalue weighted by Gasteiger charge is 2.38. The molecule has 0 aliphatic carbocycles. The molecule has 1 amide bonds. The number of piperidine rings is 1. The number of aryl methyl sites for hydroxylation is 1. The molecule has 1 aromatic heterocycles. The van der Waals surface area contributed by atoms with E-state index in [1.165, 1.54) is 19.3 Å². The lowest BCUT2D eigenvalue weighted by molar-refractivity contribution is -0.0741. The summed E-state index contributed by atoms with van der Waals surface area (Å²) in [5, 5.41) is 4.82. The van der Waals surface area contributed by atoms with Gasteiger partial charge in [0.25, 0.3) is 5.91 Å². The fourth-order valence-electron chi connectivity index (χ4n) is 4.29. The zero-order chi connectivity index (χ0) is 19.5. The molecule has 2 atom stereocenters. The van der Waals surface area contributed by atoms with Crippen LogP contribution in [-0.2, 0) is 11.8 Å². The molecule has 2 fully saturated rings. The molecule has 1 aromatic carbocycles. The number of hydrogen-bond donors (Lipinski definition) is 0. The van der Waals surface area contributed by atoms with E-state index in [-0.39, 0.29) is 18.1 Å². The Kier molecular flexibility index (Phi) is 5.99. The van der Waals surface area contributed by atoms with E-state index in [2.05, 4.69) is 10.00 Å². The average Bonchev–Trinajstić information content (AvgIpc) is 3.14. The number of benzene rings is 1. The summed E-state index contributed by atoms with van der Waals surface area (Å²) in [5.74, 6) is -0.0496. The van der Waals surface area contributed by atoms with Crippen molar-refractivity contribution < 1.29 is 9.53 Å². The lowest BCUT2D eigenvalue weighted by atomic mass is 9.98. The highest BCUT2D eigenvalue weighted by atomic mass is 35.5. The molecule has 2 aliphatic rings. The van der Waals surface area contributed by atoms with Crippen LogP contribution in [0.2, 0.25) is 5.02 Å². The first kappa shape index (κ1) is 19.4. The zero-order valence-electron chi connectivity index (χ0n) is 16.3. The Labute approximate surface area is 171 Å². The Balaban J connectivity index is 1.63. The molecule has 150 valence electrons. The Morgan fingerprint density at radius 2 is 2.00 bits per heavy atom. The molecule has 7 heteroatoms. The minimum Gasteiger partial charge on any atom is -0.373 e. The van der Waals surface area contributed by atoms with E-state index in [0.717, 1.165) is 25.2 Å². The van der Waals surface area contributed by atoms with Crippen LogP contribution in [0, 0.1) is 0 Å². The Hall–Kier alpha value is -1.89. The van der Waals surface area contributed by atoms with Crippen molar-refractivity contribution in [2.24, 2.45) is 7.05 Å². The number of amides is 1. The van der Waals surface area contributed by atoms with Gasteiger partial charge in [0.1, 0.15) is 0 Å². The number of carbonyl (C=O) groups is 1. The lowest BCUT2D eigenvalue weighted by Gasteiger charge is -2.43. The standard InChI is InChI=1S/C21H27ClN4O2/c1-24-14-16(13-23-24)20-19(15-25-9-5-2-6-10-25)28-12-11-26(20)21(27)17-7-3-4-8-18(17)22/h3-4,7-8,13-14,19-20H,2,5-6,9-12,15H2,1H3/t19-,20-/m0/s1. The van der Waals surface area contributed by atoms with Gasteiger partial charge in [-0.25, -0.2) is 0 Å². The number of morpholine rings is 1. The minimum absolute atomic E-state index is 0.0496. The third-order valence-electron chi connectivity index (χ3n) is 5.67. The summed E-state index contributed by atoms with van der Waals surface area (Å²) < 4.78 is 7.98. The molecule has 2 aromatic rings. The van der Waals surface area contributed by atoms with E-state index in [9.17, 15) is 4.79 Å². The van der Waals surface area contributed by atoms with Crippen molar-refractivity contribution >= 4 is 17.5 Å².